The summed E-state index contributed by atoms with van der Waals surface area (Å²) in [5.41, 5.74) is 1.01. The van der Waals surface area contributed by atoms with Crippen molar-refractivity contribution in [2.24, 2.45) is 0 Å². The lowest BCUT2D eigenvalue weighted by atomic mass is 10.2. The summed E-state index contributed by atoms with van der Waals surface area (Å²) in [5.74, 6) is -0.916. The molecule has 0 unspecified atom stereocenters. The van der Waals surface area contributed by atoms with Gasteiger partial charge in [0.2, 0.25) is 0 Å². The van der Waals surface area contributed by atoms with Gasteiger partial charge in [-0.1, -0.05) is 35.3 Å². The van der Waals surface area contributed by atoms with E-state index in [0.29, 0.717) is 11.6 Å². The Hall–Kier alpha value is -1.58. The van der Waals surface area contributed by atoms with Gasteiger partial charge in [-0.05, 0) is 35.9 Å². The molecule has 1 N–H and O–H groups in total. The van der Waals surface area contributed by atoms with Gasteiger partial charge >= 0.3 is 0 Å². The van der Waals surface area contributed by atoms with E-state index >= 15 is 0 Å². The summed E-state index contributed by atoms with van der Waals surface area (Å²) >= 11 is 11.6. The molecule has 5 heteroatoms. The Labute approximate surface area is 120 Å². The Balaban J connectivity index is 2.05. The Morgan fingerprint density at radius 3 is 2.47 bits per heavy atom. The van der Waals surface area contributed by atoms with Crippen molar-refractivity contribution in [1.82, 2.24) is 5.32 Å². The summed E-state index contributed by atoms with van der Waals surface area (Å²) in [6, 6.07) is 10.7. The normalized spacial score (nSPS) is 10.3. The molecule has 0 aromatic heterocycles. The third-order valence-electron chi connectivity index (χ3n) is 2.54. The first-order valence-electron chi connectivity index (χ1n) is 5.54. The molecule has 0 bridgehead atoms. The fourth-order valence-electron chi connectivity index (χ4n) is 1.55. The van der Waals surface area contributed by atoms with E-state index in [1.54, 1.807) is 24.3 Å². The lowest BCUT2D eigenvalue weighted by Gasteiger charge is -2.07. The Morgan fingerprint density at radius 2 is 1.79 bits per heavy atom. The van der Waals surface area contributed by atoms with Crippen molar-refractivity contribution in [1.29, 1.82) is 0 Å². The molecule has 2 nitrogen and oxygen atoms in total. The van der Waals surface area contributed by atoms with Crippen molar-refractivity contribution >= 4 is 29.1 Å². The van der Waals surface area contributed by atoms with Crippen LogP contribution in [0, 0.1) is 5.82 Å². The molecule has 0 spiro atoms. The first-order chi connectivity index (χ1) is 9.06. The predicted molar refractivity (Wildman–Crippen MR) is 74.0 cm³/mol. The molecular weight excluding hydrogens is 288 g/mol. The number of hydrogen-bond acceptors (Lipinski definition) is 1. The van der Waals surface area contributed by atoms with Gasteiger partial charge in [0.25, 0.3) is 5.91 Å². The van der Waals surface area contributed by atoms with E-state index in [2.05, 4.69) is 5.32 Å². The monoisotopic (exact) mass is 297 g/mol. The minimum Gasteiger partial charge on any atom is -0.348 e. The lowest BCUT2D eigenvalue weighted by Crippen LogP contribution is -2.23. The molecule has 0 radical (unpaired) electrons. The average molecular weight is 298 g/mol. The van der Waals surface area contributed by atoms with Gasteiger partial charge in [-0.25, -0.2) is 4.39 Å². The second-order valence-electron chi connectivity index (χ2n) is 3.93. The SMILES string of the molecule is O=C(NCc1ccc(Cl)cc1)c1cc(F)ccc1Cl. The zero-order valence-corrected chi connectivity index (χ0v) is 11.3. The molecule has 1 amide bonds. The third kappa shape index (κ3) is 3.69. The topological polar surface area (TPSA) is 29.1 Å². The highest BCUT2D eigenvalue weighted by Gasteiger charge is 2.11. The van der Waals surface area contributed by atoms with Crippen LogP contribution in [0.3, 0.4) is 0 Å². The fourth-order valence-corrected chi connectivity index (χ4v) is 1.88. The minimum absolute atomic E-state index is 0.121. The number of carbonyl (C=O) groups excluding carboxylic acids is 1. The predicted octanol–water partition coefficient (Wildman–Crippen LogP) is 4.06. The Morgan fingerprint density at radius 1 is 1.11 bits per heavy atom. The number of carbonyl (C=O) groups is 1. The van der Waals surface area contributed by atoms with Crippen molar-refractivity contribution < 1.29 is 9.18 Å². The van der Waals surface area contributed by atoms with E-state index in [4.69, 9.17) is 23.2 Å². The molecule has 0 aliphatic rings. The van der Waals surface area contributed by atoms with Crippen molar-refractivity contribution in [3.8, 4) is 0 Å². The van der Waals surface area contributed by atoms with E-state index in [0.717, 1.165) is 11.6 Å². The van der Waals surface area contributed by atoms with Crippen LogP contribution in [0.25, 0.3) is 0 Å². The quantitative estimate of drug-likeness (QED) is 0.909. The molecule has 0 heterocycles. The largest absolute Gasteiger partial charge is 0.348 e. The summed E-state index contributed by atoms with van der Waals surface area (Å²) in [4.78, 5) is 11.9. The molecule has 2 rings (SSSR count). The van der Waals surface area contributed by atoms with E-state index < -0.39 is 11.7 Å². The fraction of sp³-hybridized carbons (Fsp3) is 0.0714. The van der Waals surface area contributed by atoms with Crippen LogP contribution in [-0.2, 0) is 6.54 Å². The minimum atomic E-state index is -0.499. The van der Waals surface area contributed by atoms with E-state index in [1.165, 1.54) is 12.1 Å². The highest BCUT2D eigenvalue weighted by molar-refractivity contribution is 6.33. The van der Waals surface area contributed by atoms with Crippen LogP contribution in [0.4, 0.5) is 4.39 Å². The van der Waals surface area contributed by atoms with Gasteiger partial charge < -0.3 is 5.32 Å². The van der Waals surface area contributed by atoms with Gasteiger partial charge in [0, 0.05) is 11.6 Å². The molecule has 19 heavy (non-hydrogen) atoms. The first kappa shape index (κ1) is 13.8. The second-order valence-corrected chi connectivity index (χ2v) is 4.78. The second kappa shape index (κ2) is 6.04. The highest BCUT2D eigenvalue weighted by atomic mass is 35.5. The third-order valence-corrected chi connectivity index (χ3v) is 3.12. The number of amides is 1. The highest BCUT2D eigenvalue weighted by Crippen LogP contribution is 2.17. The standard InChI is InChI=1S/C14H10Cl2FNO/c15-10-3-1-9(2-4-10)8-18-14(19)12-7-11(17)5-6-13(12)16/h1-7H,8H2,(H,18,19). The summed E-state index contributed by atoms with van der Waals surface area (Å²) in [6.07, 6.45) is 0. The molecule has 0 aliphatic carbocycles. The van der Waals surface area contributed by atoms with Crippen molar-refractivity contribution in [3.05, 3.63) is 69.5 Å². The molecule has 0 aliphatic heterocycles. The van der Waals surface area contributed by atoms with Crippen molar-refractivity contribution in [2.45, 2.75) is 6.54 Å². The van der Waals surface area contributed by atoms with Crippen LogP contribution < -0.4 is 5.32 Å². The van der Waals surface area contributed by atoms with E-state index in [1.807, 2.05) is 0 Å². The molecule has 2 aromatic carbocycles. The van der Waals surface area contributed by atoms with E-state index in [9.17, 15) is 9.18 Å². The number of nitrogens with one attached hydrogen (secondary N) is 1. The smallest absolute Gasteiger partial charge is 0.253 e. The van der Waals surface area contributed by atoms with Gasteiger partial charge in [-0.15, -0.1) is 0 Å². The van der Waals surface area contributed by atoms with E-state index in [-0.39, 0.29) is 10.6 Å². The zero-order chi connectivity index (χ0) is 13.8. The molecule has 0 saturated heterocycles. The van der Waals surface area contributed by atoms with Gasteiger partial charge in [-0.2, -0.15) is 0 Å². The molecule has 2 aromatic rings. The number of halogens is 3. The van der Waals surface area contributed by atoms with Crippen LogP contribution in [-0.4, -0.2) is 5.91 Å². The summed E-state index contributed by atoms with van der Waals surface area (Å²) in [5, 5.41) is 3.52. The van der Waals surface area contributed by atoms with Crippen LogP contribution in [0.2, 0.25) is 10.0 Å². The summed E-state index contributed by atoms with van der Waals surface area (Å²) in [7, 11) is 0. The molecule has 0 atom stereocenters. The maximum atomic E-state index is 13.1. The lowest BCUT2D eigenvalue weighted by molar-refractivity contribution is 0.0950. The Bertz CT molecular complexity index is 599. The van der Waals surface area contributed by atoms with Gasteiger partial charge in [0.15, 0.2) is 0 Å². The van der Waals surface area contributed by atoms with Gasteiger partial charge in [0.1, 0.15) is 5.82 Å². The molecular formula is C14H10Cl2FNO. The average Bonchev–Trinajstić information content (AvgIpc) is 2.40. The maximum Gasteiger partial charge on any atom is 0.253 e. The van der Waals surface area contributed by atoms with Crippen molar-refractivity contribution in [2.75, 3.05) is 0 Å². The number of benzene rings is 2. The van der Waals surface area contributed by atoms with Crippen LogP contribution >= 0.6 is 23.2 Å². The van der Waals surface area contributed by atoms with Crippen LogP contribution in [0.5, 0.6) is 0 Å². The molecule has 98 valence electrons. The van der Waals surface area contributed by atoms with Crippen molar-refractivity contribution in [3.63, 3.8) is 0 Å². The van der Waals surface area contributed by atoms with Gasteiger partial charge in [0.05, 0.1) is 10.6 Å². The number of rotatable bonds is 3. The maximum absolute atomic E-state index is 13.1. The van der Waals surface area contributed by atoms with Crippen LogP contribution in [0.1, 0.15) is 15.9 Å². The molecule has 0 saturated carbocycles. The number of hydrogen-bond donors (Lipinski definition) is 1. The Kier molecular flexibility index (Phi) is 4.40. The first-order valence-corrected chi connectivity index (χ1v) is 6.29. The summed E-state index contributed by atoms with van der Waals surface area (Å²) in [6.45, 7) is 0.322. The summed E-state index contributed by atoms with van der Waals surface area (Å²) < 4.78 is 13.1. The van der Waals surface area contributed by atoms with Gasteiger partial charge in [-0.3, -0.25) is 4.79 Å². The zero-order valence-electron chi connectivity index (χ0n) is 9.79. The molecule has 0 fully saturated rings. The van der Waals surface area contributed by atoms with Crippen LogP contribution in [0.15, 0.2) is 42.5 Å².